The standard InChI is InChI=1S/C21H34N4O4/c1-21(2,3)23-19(26)15-24-10-12-25(13-11-24)20(27)22-9-8-16-6-7-17(28-4)18(14-16)29-5/h6-7,14H,8-13,15H2,1-5H3,(H,22,27)(H,23,26). The normalized spacial score (nSPS) is 15.0. The van der Waals surface area contributed by atoms with Gasteiger partial charge in [-0.2, -0.15) is 0 Å². The average molecular weight is 407 g/mol. The Morgan fingerprint density at radius 3 is 2.28 bits per heavy atom. The topological polar surface area (TPSA) is 83.1 Å². The van der Waals surface area contributed by atoms with Crippen LogP contribution in [0.15, 0.2) is 18.2 Å². The lowest BCUT2D eigenvalue weighted by atomic mass is 10.1. The van der Waals surface area contributed by atoms with Crippen molar-refractivity contribution in [2.45, 2.75) is 32.7 Å². The summed E-state index contributed by atoms with van der Waals surface area (Å²) in [4.78, 5) is 28.3. The van der Waals surface area contributed by atoms with Crippen LogP contribution in [0.4, 0.5) is 4.79 Å². The van der Waals surface area contributed by atoms with E-state index >= 15 is 0 Å². The number of amides is 3. The molecule has 1 heterocycles. The summed E-state index contributed by atoms with van der Waals surface area (Å²) in [5.74, 6) is 1.39. The molecule has 162 valence electrons. The highest BCUT2D eigenvalue weighted by molar-refractivity contribution is 5.79. The molecule has 8 heteroatoms. The van der Waals surface area contributed by atoms with Gasteiger partial charge in [-0.25, -0.2) is 4.79 Å². The Morgan fingerprint density at radius 1 is 1.03 bits per heavy atom. The number of ether oxygens (including phenoxy) is 2. The van der Waals surface area contributed by atoms with E-state index in [-0.39, 0.29) is 17.5 Å². The molecule has 0 unspecified atom stereocenters. The van der Waals surface area contributed by atoms with Crippen molar-refractivity contribution in [3.05, 3.63) is 23.8 Å². The lowest BCUT2D eigenvalue weighted by Crippen LogP contribution is -2.54. The smallest absolute Gasteiger partial charge is 0.317 e. The predicted molar refractivity (Wildman–Crippen MR) is 113 cm³/mol. The molecule has 1 aromatic rings. The van der Waals surface area contributed by atoms with E-state index in [0.29, 0.717) is 57.2 Å². The van der Waals surface area contributed by atoms with Gasteiger partial charge in [-0.1, -0.05) is 6.07 Å². The van der Waals surface area contributed by atoms with Gasteiger partial charge in [0.15, 0.2) is 11.5 Å². The maximum Gasteiger partial charge on any atom is 0.317 e. The summed E-state index contributed by atoms with van der Waals surface area (Å²) in [6.07, 6.45) is 0.707. The number of methoxy groups -OCH3 is 2. The number of carbonyl (C=O) groups excluding carboxylic acids is 2. The lowest BCUT2D eigenvalue weighted by Gasteiger charge is -2.34. The second-order valence-electron chi connectivity index (χ2n) is 8.23. The highest BCUT2D eigenvalue weighted by Crippen LogP contribution is 2.27. The van der Waals surface area contributed by atoms with Gasteiger partial charge < -0.3 is 25.0 Å². The molecule has 1 aromatic carbocycles. The van der Waals surface area contributed by atoms with E-state index in [0.717, 1.165) is 5.56 Å². The number of nitrogens with one attached hydrogen (secondary N) is 2. The summed E-state index contributed by atoms with van der Waals surface area (Å²) in [5, 5.41) is 5.94. The van der Waals surface area contributed by atoms with Gasteiger partial charge >= 0.3 is 6.03 Å². The Kier molecular flexibility index (Phi) is 8.13. The molecular weight excluding hydrogens is 372 g/mol. The minimum Gasteiger partial charge on any atom is -0.493 e. The molecule has 0 radical (unpaired) electrons. The summed E-state index contributed by atoms with van der Waals surface area (Å²) in [5.41, 5.74) is 0.838. The van der Waals surface area contributed by atoms with Crippen molar-refractivity contribution in [2.24, 2.45) is 0 Å². The van der Waals surface area contributed by atoms with Crippen LogP contribution in [-0.4, -0.2) is 80.8 Å². The van der Waals surface area contributed by atoms with Crippen LogP contribution < -0.4 is 20.1 Å². The van der Waals surface area contributed by atoms with Crippen molar-refractivity contribution in [1.29, 1.82) is 0 Å². The van der Waals surface area contributed by atoms with Crippen LogP contribution in [0, 0.1) is 0 Å². The molecular formula is C21H34N4O4. The second kappa shape index (κ2) is 10.3. The van der Waals surface area contributed by atoms with Gasteiger partial charge in [0.25, 0.3) is 0 Å². The molecule has 1 aliphatic rings. The fourth-order valence-corrected chi connectivity index (χ4v) is 3.23. The fourth-order valence-electron chi connectivity index (χ4n) is 3.23. The van der Waals surface area contributed by atoms with E-state index in [2.05, 4.69) is 15.5 Å². The Balaban J connectivity index is 1.71. The van der Waals surface area contributed by atoms with Gasteiger partial charge in [0.05, 0.1) is 20.8 Å². The first kappa shape index (κ1) is 22.8. The number of urea groups is 1. The minimum absolute atomic E-state index is 0.0188. The van der Waals surface area contributed by atoms with E-state index in [9.17, 15) is 9.59 Å². The first-order chi connectivity index (χ1) is 13.7. The summed E-state index contributed by atoms with van der Waals surface area (Å²) in [7, 11) is 3.21. The summed E-state index contributed by atoms with van der Waals surface area (Å²) >= 11 is 0. The molecule has 0 spiro atoms. The van der Waals surface area contributed by atoms with E-state index in [4.69, 9.17) is 9.47 Å². The number of rotatable bonds is 7. The molecule has 0 atom stereocenters. The second-order valence-corrected chi connectivity index (χ2v) is 8.23. The predicted octanol–water partition coefficient (Wildman–Crippen LogP) is 1.49. The van der Waals surface area contributed by atoms with Crippen LogP contribution in [0.2, 0.25) is 0 Å². The molecule has 8 nitrogen and oxygen atoms in total. The number of piperazine rings is 1. The number of nitrogens with zero attached hydrogens (tertiary/aromatic N) is 2. The quantitative estimate of drug-likeness (QED) is 0.717. The number of hydrogen-bond acceptors (Lipinski definition) is 5. The molecule has 0 aromatic heterocycles. The third kappa shape index (κ3) is 7.45. The van der Waals surface area contributed by atoms with Crippen molar-refractivity contribution in [2.75, 3.05) is 53.5 Å². The monoisotopic (exact) mass is 406 g/mol. The highest BCUT2D eigenvalue weighted by Gasteiger charge is 2.23. The van der Waals surface area contributed by atoms with Crippen LogP contribution in [0.25, 0.3) is 0 Å². The highest BCUT2D eigenvalue weighted by atomic mass is 16.5. The van der Waals surface area contributed by atoms with Crippen molar-refractivity contribution >= 4 is 11.9 Å². The first-order valence-corrected chi connectivity index (χ1v) is 9.99. The van der Waals surface area contributed by atoms with Crippen molar-refractivity contribution < 1.29 is 19.1 Å². The molecule has 0 aliphatic carbocycles. The lowest BCUT2D eigenvalue weighted by molar-refractivity contribution is -0.123. The largest absolute Gasteiger partial charge is 0.493 e. The maximum atomic E-state index is 12.4. The third-order valence-electron chi connectivity index (χ3n) is 4.68. The van der Waals surface area contributed by atoms with Crippen molar-refractivity contribution in [1.82, 2.24) is 20.4 Å². The molecule has 1 fully saturated rings. The first-order valence-electron chi connectivity index (χ1n) is 9.99. The third-order valence-corrected chi connectivity index (χ3v) is 4.68. The zero-order valence-electron chi connectivity index (χ0n) is 18.2. The van der Waals surface area contributed by atoms with E-state index in [1.807, 2.05) is 39.0 Å². The molecule has 3 amide bonds. The van der Waals surface area contributed by atoms with Crippen molar-refractivity contribution in [3.63, 3.8) is 0 Å². The summed E-state index contributed by atoms with van der Waals surface area (Å²) in [6, 6.07) is 5.69. The van der Waals surface area contributed by atoms with Crippen LogP contribution in [0.1, 0.15) is 26.3 Å². The van der Waals surface area contributed by atoms with Gasteiger partial charge in [-0.05, 0) is 44.9 Å². The number of carbonyl (C=O) groups is 2. The maximum absolute atomic E-state index is 12.4. The Bertz CT molecular complexity index is 694. The van der Waals surface area contributed by atoms with Crippen LogP contribution in [0.5, 0.6) is 11.5 Å². The number of hydrogen-bond donors (Lipinski definition) is 2. The zero-order chi connectivity index (χ0) is 21.4. The van der Waals surface area contributed by atoms with Crippen LogP contribution >= 0.6 is 0 Å². The minimum atomic E-state index is -0.229. The summed E-state index contributed by atoms with van der Waals surface area (Å²) in [6.45, 7) is 9.44. The van der Waals surface area contributed by atoms with Crippen LogP contribution in [-0.2, 0) is 11.2 Å². The van der Waals surface area contributed by atoms with Gasteiger partial charge in [0, 0.05) is 38.3 Å². The molecule has 2 N–H and O–H groups in total. The van der Waals surface area contributed by atoms with Gasteiger partial charge in [-0.15, -0.1) is 0 Å². The number of benzene rings is 1. The Hall–Kier alpha value is -2.48. The molecule has 29 heavy (non-hydrogen) atoms. The molecule has 1 aliphatic heterocycles. The molecule has 0 saturated carbocycles. The summed E-state index contributed by atoms with van der Waals surface area (Å²) < 4.78 is 10.5. The van der Waals surface area contributed by atoms with Gasteiger partial charge in [-0.3, -0.25) is 9.69 Å². The molecule has 2 rings (SSSR count). The van der Waals surface area contributed by atoms with E-state index in [1.165, 1.54) is 0 Å². The van der Waals surface area contributed by atoms with Crippen molar-refractivity contribution in [3.8, 4) is 11.5 Å². The van der Waals surface area contributed by atoms with Crippen LogP contribution in [0.3, 0.4) is 0 Å². The SMILES string of the molecule is COc1ccc(CCNC(=O)N2CCN(CC(=O)NC(C)(C)C)CC2)cc1OC. The average Bonchev–Trinajstić information content (AvgIpc) is 2.66. The Labute approximate surface area is 173 Å². The fraction of sp³-hybridized carbons (Fsp3) is 0.619. The van der Waals surface area contributed by atoms with E-state index in [1.54, 1.807) is 19.1 Å². The van der Waals surface area contributed by atoms with E-state index < -0.39 is 0 Å². The Morgan fingerprint density at radius 2 is 1.69 bits per heavy atom. The van der Waals surface area contributed by atoms with Gasteiger partial charge in [0.2, 0.25) is 5.91 Å². The zero-order valence-corrected chi connectivity index (χ0v) is 18.2. The van der Waals surface area contributed by atoms with Gasteiger partial charge in [0.1, 0.15) is 0 Å². The molecule has 0 bridgehead atoms. The molecule has 1 saturated heterocycles.